The molecule has 0 spiro atoms. The average molecular weight is 298 g/mol. The molecule has 2 rings (SSSR count). The molecule has 102 valence electrons. The number of halogens is 1. The summed E-state index contributed by atoms with van der Waals surface area (Å²) in [4.78, 5) is 1.07. The van der Waals surface area contributed by atoms with Crippen molar-refractivity contribution in [2.24, 2.45) is 12.8 Å². The average Bonchev–Trinajstić information content (AvgIpc) is 2.77. The maximum atomic E-state index is 12.7. The van der Waals surface area contributed by atoms with Gasteiger partial charge in [-0.05, 0) is 24.3 Å². The van der Waals surface area contributed by atoms with Gasteiger partial charge in [0.2, 0.25) is 0 Å². The Morgan fingerprint density at radius 1 is 1.16 bits per heavy atom. The summed E-state index contributed by atoms with van der Waals surface area (Å²) >= 11 is 3.34. The van der Waals surface area contributed by atoms with Crippen molar-refractivity contribution in [1.82, 2.24) is 14.8 Å². The van der Waals surface area contributed by atoms with Crippen LogP contribution in [0.2, 0.25) is 0 Å². The van der Waals surface area contributed by atoms with E-state index >= 15 is 0 Å². The number of nitrogens with two attached hydrogens (primary N) is 1. The van der Waals surface area contributed by atoms with Crippen LogP contribution in [-0.4, -0.2) is 26.3 Å². The Labute approximate surface area is 120 Å². The van der Waals surface area contributed by atoms with E-state index in [1.54, 1.807) is 35.7 Å². The van der Waals surface area contributed by atoms with Gasteiger partial charge in [0, 0.05) is 23.4 Å². The van der Waals surface area contributed by atoms with E-state index in [0.29, 0.717) is 6.54 Å². The lowest BCUT2D eigenvalue weighted by Crippen LogP contribution is -2.05. The molecule has 0 fully saturated rings. The van der Waals surface area contributed by atoms with Crippen LogP contribution in [0.15, 0.2) is 34.3 Å². The van der Waals surface area contributed by atoms with Crippen LogP contribution in [0.4, 0.5) is 4.39 Å². The lowest BCUT2D eigenvalue weighted by molar-refractivity contribution is 0.626. The Morgan fingerprint density at radius 2 is 1.84 bits per heavy atom. The molecule has 0 saturated heterocycles. The second-order valence-electron chi connectivity index (χ2n) is 3.81. The molecule has 19 heavy (non-hydrogen) atoms. The van der Waals surface area contributed by atoms with Gasteiger partial charge in [0.1, 0.15) is 11.6 Å². The standard InChI is InChI=1S/C12H15FN4S2/c1-17-11(8-14)15-16-12(17)19-7-6-18-10-4-2-9(13)3-5-10/h2-5H,6-8,14H2,1H3. The fraction of sp³-hybridized carbons (Fsp3) is 0.333. The molecule has 0 bridgehead atoms. The van der Waals surface area contributed by atoms with Crippen molar-refractivity contribution in [2.75, 3.05) is 11.5 Å². The van der Waals surface area contributed by atoms with Gasteiger partial charge in [-0.3, -0.25) is 0 Å². The van der Waals surface area contributed by atoms with Gasteiger partial charge in [-0.15, -0.1) is 22.0 Å². The number of rotatable bonds is 6. The molecular weight excluding hydrogens is 283 g/mol. The molecule has 0 atom stereocenters. The molecule has 0 saturated carbocycles. The quantitative estimate of drug-likeness (QED) is 0.655. The minimum absolute atomic E-state index is 0.202. The second-order valence-corrected chi connectivity index (χ2v) is 6.04. The summed E-state index contributed by atoms with van der Waals surface area (Å²) in [7, 11) is 1.91. The summed E-state index contributed by atoms with van der Waals surface area (Å²) in [5, 5.41) is 8.95. The smallest absolute Gasteiger partial charge is 0.191 e. The Hall–Kier alpha value is -1.05. The van der Waals surface area contributed by atoms with Crippen molar-refractivity contribution in [3.8, 4) is 0 Å². The van der Waals surface area contributed by atoms with E-state index in [2.05, 4.69) is 10.2 Å². The second kappa shape index (κ2) is 6.93. The first-order valence-electron chi connectivity index (χ1n) is 5.80. The maximum Gasteiger partial charge on any atom is 0.191 e. The Balaban J connectivity index is 1.77. The summed E-state index contributed by atoms with van der Waals surface area (Å²) in [6.45, 7) is 0.397. The molecule has 7 heteroatoms. The fourth-order valence-corrected chi connectivity index (χ4v) is 3.28. The van der Waals surface area contributed by atoms with Crippen LogP contribution in [0.3, 0.4) is 0 Å². The van der Waals surface area contributed by atoms with E-state index in [-0.39, 0.29) is 5.82 Å². The van der Waals surface area contributed by atoms with Gasteiger partial charge in [-0.2, -0.15) is 0 Å². The van der Waals surface area contributed by atoms with Gasteiger partial charge in [0.15, 0.2) is 5.16 Å². The Kier molecular flexibility index (Phi) is 5.24. The van der Waals surface area contributed by atoms with E-state index in [9.17, 15) is 4.39 Å². The molecule has 2 N–H and O–H groups in total. The van der Waals surface area contributed by atoms with Crippen LogP contribution in [-0.2, 0) is 13.6 Å². The number of nitrogens with zero attached hydrogens (tertiary/aromatic N) is 3. The summed E-state index contributed by atoms with van der Waals surface area (Å²) < 4.78 is 14.6. The minimum Gasteiger partial charge on any atom is -0.324 e. The largest absolute Gasteiger partial charge is 0.324 e. The normalized spacial score (nSPS) is 10.9. The number of benzene rings is 1. The van der Waals surface area contributed by atoms with Crippen LogP contribution in [0, 0.1) is 5.82 Å². The highest BCUT2D eigenvalue weighted by Gasteiger charge is 2.07. The SMILES string of the molecule is Cn1c(CN)nnc1SCCSc1ccc(F)cc1. The molecule has 0 amide bonds. The van der Waals surface area contributed by atoms with E-state index in [1.165, 1.54) is 12.1 Å². The molecule has 1 aromatic heterocycles. The lowest BCUT2D eigenvalue weighted by Gasteiger charge is -2.03. The van der Waals surface area contributed by atoms with E-state index < -0.39 is 0 Å². The highest BCUT2D eigenvalue weighted by molar-refractivity contribution is 8.02. The number of thioether (sulfide) groups is 2. The summed E-state index contributed by atoms with van der Waals surface area (Å²) in [6.07, 6.45) is 0. The molecule has 0 aliphatic carbocycles. The van der Waals surface area contributed by atoms with Crippen LogP contribution >= 0.6 is 23.5 Å². The third-order valence-corrected chi connectivity index (χ3v) is 4.80. The van der Waals surface area contributed by atoms with Gasteiger partial charge in [-0.1, -0.05) is 11.8 Å². The first kappa shape index (κ1) is 14.4. The van der Waals surface area contributed by atoms with Crippen molar-refractivity contribution in [1.29, 1.82) is 0 Å². The van der Waals surface area contributed by atoms with E-state index in [4.69, 9.17) is 5.73 Å². The van der Waals surface area contributed by atoms with Crippen LogP contribution in [0.1, 0.15) is 5.82 Å². The van der Waals surface area contributed by atoms with Gasteiger partial charge < -0.3 is 10.3 Å². The van der Waals surface area contributed by atoms with Crippen LogP contribution in [0.5, 0.6) is 0 Å². The topological polar surface area (TPSA) is 56.7 Å². The molecular formula is C12H15FN4S2. The number of hydrogen-bond acceptors (Lipinski definition) is 5. The predicted octanol–water partition coefficient (Wildman–Crippen LogP) is 2.30. The van der Waals surface area contributed by atoms with Crippen molar-refractivity contribution in [3.63, 3.8) is 0 Å². The summed E-state index contributed by atoms with van der Waals surface area (Å²) in [5.41, 5.74) is 5.54. The Bertz CT molecular complexity index is 527. The van der Waals surface area contributed by atoms with Gasteiger partial charge in [0.05, 0.1) is 6.54 Å². The summed E-state index contributed by atoms with van der Waals surface area (Å²) in [6, 6.07) is 6.54. The highest BCUT2D eigenvalue weighted by atomic mass is 32.2. The lowest BCUT2D eigenvalue weighted by atomic mass is 10.4. The van der Waals surface area contributed by atoms with Crippen molar-refractivity contribution >= 4 is 23.5 Å². The van der Waals surface area contributed by atoms with Crippen molar-refractivity contribution < 1.29 is 4.39 Å². The predicted molar refractivity (Wildman–Crippen MR) is 76.7 cm³/mol. The zero-order valence-corrected chi connectivity index (χ0v) is 12.2. The van der Waals surface area contributed by atoms with E-state index in [1.807, 2.05) is 11.6 Å². The third kappa shape index (κ3) is 3.95. The van der Waals surface area contributed by atoms with Gasteiger partial charge >= 0.3 is 0 Å². The molecule has 0 unspecified atom stereocenters. The third-order valence-electron chi connectivity index (χ3n) is 2.50. The van der Waals surface area contributed by atoms with Crippen LogP contribution in [0.25, 0.3) is 0 Å². The first-order valence-corrected chi connectivity index (χ1v) is 7.77. The fourth-order valence-electron chi connectivity index (χ4n) is 1.47. The summed E-state index contributed by atoms with van der Waals surface area (Å²) in [5.74, 6) is 2.43. The van der Waals surface area contributed by atoms with Crippen LogP contribution < -0.4 is 5.73 Å². The van der Waals surface area contributed by atoms with Crippen molar-refractivity contribution in [2.45, 2.75) is 16.6 Å². The van der Waals surface area contributed by atoms with Gasteiger partial charge in [-0.25, -0.2) is 4.39 Å². The molecule has 0 aliphatic heterocycles. The first-order chi connectivity index (χ1) is 9.20. The zero-order chi connectivity index (χ0) is 13.7. The highest BCUT2D eigenvalue weighted by Crippen LogP contribution is 2.22. The zero-order valence-electron chi connectivity index (χ0n) is 10.5. The Morgan fingerprint density at radius 3 is 2.47 bits per heavy atom. The molecule has 0 aliphatic rings. The molecule has 1 heterocycles. The molecule has 0 radical (unpaired) electrons. The minimum atomic E-state index is -0.202. The monoisotopic (exact) mass is 298 g/mol. The van der Waals surface area contributed by atoms with E-state index in [0.717, 1.165) is 27.4 Å². The maximum absolute atomic E-state index is 12.7. The van der Waals surface area contributed by atoms with Gasteiger partial charge in [0.25, 0.3) is 0 Å². The molecule has 2 aromatic rings. The van der Waals surface area contributed by atoms with Crippen molar-refractivity contribution in [3.05, 3.63) is 35.9 Å². The number of aromatic nitrogens is 3. The molecule has 4 nitrogen and oxygen atoms in total. The number of hydrogen-bond donors (Lipinski definition) is 1. The molecule has 1 aromatic carbocycles.